The predicted molar refractivity (Wildman–Crippen MR) is 87.2 cm³/mol. The number of hydrogen-bond acceptors (Lipinski definition) is 3. The van der Waals surface area contributed by atoms with Crippen molar-refractivity contribution >= 4 is 35.7 Å². The zero-order chi connectivity index (χ0) is 15.2. The van der Waals surface area contributed by atoms with Gasteiger partial charge in [-0.05, 0) is 49.9 Å². The number of benzene rings is 1. The summed E-state index contributed by atoms with van der Waals surface area (Å²) in [7, 11) is 1.80. The lowest BCUT2D eigenvalue weighted by Gasteiger charge is -2.10. The van der Waals surface area contributed by atoms with Crippen molar-refractivity contribution < 1.29 is 13.2 Å². The number of ether oxygens (including phenoxy) is 1. The maximum absolute atomic E-state index is 10.7. The summed E-state index contributed by atoms with van der Waals surface area (Å²) >= 11 is 3.52. The maximum Gasteiger partial charge on any atom is 0.232 e. The van der Waals surface area contributed by atoms with Crippen LogP contribution in [-0.2, 0) is 9.05 Å². The monoisotopic (exact) mass is 382 g/mol. The Balaban J connectivity index is 2.22. The Hall–Kier alpha value is -0.260. The second kappa shape index (κ2) is 8.25. The molecule has 114 valence electrons. The molecule has 0 saturated carbocycles. The van der Waals surface area contributed by atoms with Gasteiger partial charge < -0.3 is 4.74 Å². The van der Waals surface area contributed by atoms with E-state index in [-0.39, 0.29) is 5.75 Å². The molecule has 0 N–H and O–H groups in total. The van der Waals surface area contributed by atoms with Gasteiger partial charge in [-0.1, -0.05) is 28.8 Å². The van der Waals surface area contributed by atoms with E-state index in [1.54, 1.807) is 0 Å². The molecule has 0 saturated heterocycles. The van der Waals surface area contributed by atoms with Crippen molar-refractivity contribution in [1.82, 2.24) is 0 Å². The Labute approximate surface area is 134 Å². The van der Waals surface area contributed by atoms with Crippen LogP contribution < -0.4 is 4.74 Å². The minimum Gasteiger partial charge on any atom is -0.494 e. The summed E-state index contributed by atoms with van der Waals surface area (Å²) in [5, 5.41) is 0. The van der Waals surface area contributed by atoms with Gasteiger partial charge in [0, 0.05) is 15.2 Å². The van der Waals surface area contributed by atoms with Crippen LogP contribution in [-0.4, -0.2) is 20.8 Å². The smallest absolute Gasteiger partial charge is 0.232 e. The van der Waals surface area contributed by atoms with Crippen LogP contribution in [0.2, 0.25) is 0 Å². The fourth-order valence-corrected chi connectivity index (χ4v) is 3.01. The van der Waals surface area contributed by atoms with Gasteiger partial charge in [-0.15, -0.1) is 0 Å². The molecular weight excluding hydrogens is 364 g/mol. The molecule has 1 rings (SSSR count). The van der Waals surface area contributed by atoms with E-state index in [0.717, 1.165) is 40.6 Å². The van der Waals surface area contributed by atoms with Gasteiger partial charge in [-0.25, -0.2) is 8.42 Å². The highest BCUT2D eigenvalue weighted by Crippen LogP contribution is 2.26. The number of hydrogen-bond donors (Lipinski definition) is 0. The molecule has 3 nitrogen and oxygen atoms in total. The van der Waals surface area contributed by atoms with E-state index < -0.39 is 9.05 Å². The number of rotatable bonds is 8. The highest BCUT2D eigenvalue weighted by molar-refractivity contribution is 9.10. The van der Waals surface area contributed by atoms with E-state index in [1.165, 1.54) is 0 Å². The summed E-state index contributed by atoms with van der Waals surface area (Å²) in [6, 6.07) is 4.02. The third-order valence-electron chi connectivity index (χ3n) is 2.96. The lowest BCUT2D eigenvalue weighted by Crippen LogP contribution is -2.00. The Morgan fingerprint density at radius 2 is 1.65 bits per heavy atom. The van der Waals surface area contributed by atoms with Gasteiger partial charge in [-0.2, -0.15) is 0 Å². The summed E-state index contributed by atoms with van der Waals surface area (Å²) in [5.74, 6) is 0.937. The van der Waals surface area contributed by atoms with E-state index in [9.17, 15) is 8.42 Å². The molecule has 0 radical (unpaired) electrons. The lowest BCUT2D eigenvalue weighted by molar-refractivity contribution is 0.304. The fraction of sp³-hybridized carbons (Fsp3) is 0.571. The average Bonchev–Trinajstić information content (AvgIpc) is 2.33. The standard InChI is InChI=1S/C14H20BrClO3S/c1-11-9-13(10-12(2)14(11)15)19-7-5-3-4-6-8-20(16,17)18/h9-10H,3-8H2,1-2H3. The van der Waals surface area contributed by atoms with Crippen molar-refractivity contribution in [2.24, 2.45) is 0 Å². The molecule has 0 fully saturated rings. The van der Waals surface area contributed by atoms with Gasteiger partial charge in [0.05, 0.1) is 12.4 Å². The molecule has 20 heavy (non-hydrogen) atoms. The molecule has 0 amide bonds. The topological polar surface area (TPSA) is 43.4 Å². The van der Waals surface area contributed by atoms with Crippen LogP contribution in [0.25, 0.3) is 0 Å². The molecule has 0 aliphatic carbocycles. The zero-order valence-corrected chi connectivity index (χ0v) is 14.9. The van der Waals surface area contributed by atoms with Crippen molar-refractivity contribution in [2.75, 3.05) is 12.4 Å². The van der Waals surface area contributed by atoms with Gasteiger partial charge in [-0.3, -0.25) is 0 Å². The summed E-state index contributed by atoms with van der Waals surface area (Å²) < 4.78 is 28.3. The van der Waals surface area contributed by atoms with Crippen molar-refractivity contribution in [3.05, 3.63) is 27.7 Å². The van der Waals surface area contributed by atoms with Crippen molar-refractivity contribution in [1.29, 1.82) is 0 Å². The Kier molecular flexibility index (Phi) is 7.34. The molecule has 1 aromatic carbocycles. The molecule has 0 aliphatic heterocycles. The fourth-order valence-electron chi connectivity index (χ4n) is 1.91. The summed E-state index contributed by atoms with van der Waals surface area (Å²) in [6.07, 6.45) is 3.33. The van der Waals surface area contributed by atoms with Gasteiger partial charge in [0.1, 0.15) is 5.75 Å². The molecule has 0 bridgehead atoms. The quantitative estimate of drug-likeness (QED) is 0.487. The SMILES string of the molecule is Cc1cc(OCCCCCCS(=O)(=O)Cl)cc(C)c1Br. The predicted octanol–water partition coefficient (Wildman–Crippen LogP) is 4.57. The van der Waals surface area contributed by atoms with Gasteiger partial charge in [0.25, 0.3) is 0 Å². The molecule has 0 atom stereocenters. The summed E-state index contributed by atoms with van der Waals surface area (Å²) in [6.45, 7) is 4.72. The minimum atomic E-state index is -3.34. The Bertz CT molecular complexity index is 520. The van der Waals surface area contributed by atoms with Crippen LogP contribution in [0.1, 0.15) is 36.8 Å². The van der Waals surface area contributed by atoms with Gasteiger partial charge in [0.2, 0.25) is 9.05 Å². The van der Waals surface area contributed by atoms with Gasteiger partial charge >= 0.3 is 0 Å². The Morgan fingerprint density at radius 1 is 1.10 bits per heavy atom. The first-order valence-electron chi connectivity index (χ1n) is 6.61. The third-order valence-corrected chi connectivity index (χ3v) is 5.45. The highest BCUT2D eigenvalue weighted by atomic mass is 79.9. The van der Waals surface area contributed by atoms with Crippen LogP contribution in [0.5, 0.6) is 5.75 Å². The third kappa shape index (κ3) is 6.95. The minimum absolute atomic E-state index is 0.0561. The molecule has 0 unspecified atom stereocenters. The second-order valence-corrected chi connectivity index (χ2v) is 8.57. The number of unbranched alkanes of at least 4 members (excludes halogenated alkanes) is 3. The average molecular weight is 384 g/mol. The van der Waals surface area contributed by atoms with Crippen molar-refractivity contribution in [3.63, 3.8) is 0 Å². The number of aryl methyl sites for hydroxylation is 2. The molecular formula is C14H20BrClO3S. The van der Waals surface area contributed by atoms with Gasteiger partial charge in [0.15, 0.2) is 0 Å². The lowest BCUT2D eigenvalue weighted by atomic mass is 10.1. The largest absolute Gasteiger partial charge is 0.494 e. The zero-order valence-electron chi connectivity index (χ0n) is 11.8. The highest BCUT2D eigenvalue weighted by Gasteiger charge is 2.05. The summed E-state index contributed by atoms with van der Waals surface area (Å²) in [4.78, 5) is 0. The van der Waals surface area contributed by atoms with Crippen LogP contribution in [0.15, 0.2) is 16.6 Å². The number of halogens is 2. The van der Waals surface area contributed by atoms with E-state index in [0.29, 0.717) is 13.0 Å². The Morgan fingerprint density at radius 3 is 2.20 bits per heavy atom. The molecule has 0 heterocycles. The van der Waals surface area contributed by atoms with E-state index in [2.05, 4.69) is 15.9 Å². The molecule has 1 aromatic rings. The normalized spacial score (nSPS) is 11.6. The van der Waals surface area contributed by atoms with E-state index in [4.69, 9.17) is 15.4 Å². The molecule has 6 heteroatoms. The van der Waals surface area contributed by atoms with Crippen LogP contribution in [0.3, 0.4) is 0 Å². The van der Waals surface area contributed by atoms with Crippen LogP contribution in [0, 0.1) is 13.8 Å². The van der Waals surface area contributed by atoms with Crippen molar-refractivity contribution in [3.8, 4) is 5.75 Å². The van der Waals surface area contributed by atoms with Crippen molar-refractivity contribution in [2.45, 2.75) is 39.5 Å². The van der Waals surface area contributed by atoms with E-state index >= 15 is 0 Å². The first-order valence-corrected chi connectivity index (χ1v) is 9.88. The summed E-state index contributed by atoms with van der Waals surface area (Å²) in [5.41, 5.74) is 2.32. The van der Waals surface area contributed by atoms with E-state index in [1.807, 2.05) is 26.0 Å². The molecule has 0 aliphatic rings. The maximum atomic E-state index is 10.7. The molecule has 0 aromatic heterocycles. The van der Waals surface area contributed by atoms with Crippen LogP contribution in [0.4, 0.5) is 0 Å². The molecule has 0 spiro atoms. The first-order chi connectivity index (χ1) is 9.29. The first kappa shape index (κ1) is 17.8. The second-order valence-electron chi connectivity index (χ2n) is 4.88. The van der Waals surface area contributed by atoms with Crippen LogP contribution >= 0.6 is 26.6 Å².